The van der Waals surface area contributed by atoms with E-state index in [4.69, 9.17) is 4.52 Å². The summed E-state index contributed by atoms with van der Waals surface area (Å²) in [6.45, 7) is 1.76. The standard InChI is InChI=1S/C19H18N4O3S/c1-12-21-17(26-23-12)11-27-16-6-4-3-5-15(16)19(25)22-14-9-7-13(8-10-14)18(24)20-2/h3-10H,11H2,1-2H3,(H,20,24)(H,22,25). The second-order valence-corrected chi connectivity index (χ2v) is 6.65. The first-order chi connectivity index (χ1) is 13.1. The van der Waals surface area contributed by atoms with Crippen LogP contribution in [0.3, 0.4) is 0 Å². The van der Waals surface area contributed by atoms with Gasteiger partial charge < -0.3 is 15.2 Å². The number of benzene rings is 2. The average molecular weight is 382 g/mol. The SMILES string of the molecule is CNC(=O)c1ccc(NC(=O)c2ccccc2SCc2nc(C)no2)cc1. The molecular weight excluding hydrogens is 364 g/mol. The summed E-state index contributed by atoms with van der Waals surface area (Å²) in [6, 6.07) is 14.0. The van der Waals surface area contributed by atoms with E-state index in [1.165, 1.54) is 11.8 Å². The zero-order chi connectivity index (χ0) is 19.2. The molecule has 2 N–H and O–H groups in total. The van der Waals surface area contributed by atoms with Crippen molar-refractivity contribution >= 4 is 29.3 Å². The first-order valence-electron chi connectivity index (χ1n) is 8.21. The highest BCUT2D eigenvalue weighted by Gasteiger charge is 2.13. The van der Waals surface area contributed by atoms with Gasteiger partial charge in [0.25, 0.3) is 11.8 Å². The highest BCUT2D eigenvalue weighted by molar-refractivity contribution is 7.98. The molecule has 8 heteroatoms. The monoisotopic (exact) mass is 382 g/mol. The van der Waals surface area contributed by atoms with Gasteiger partial charge in [-0.1, -0.05) is 17.3 Å². The van der Waals surface area contributed by atoms with E-state index in [-0.39, 0.29) is 11.8 Å². The van der Waals surface area contributed by atoms with E-state index < -0.39 is 0 Å². The predicted octanol–water partition coefficient (Wildman–Crippen LogP) is 3.28. The number of hydrogen-bond acceptors (Lipinski definition) is 6. The molecule has 7 nitrogen and oxygen atoms in total. The van der Waals surface area contributed by atoms with E-state index in [9.17, 15) is 9.59 Å². The van der Waals surface area contributed by atoms with Crippen molar-refractivity contribution in [1.82, 2.24) is 15.5 Å². The topological polar surface area (TPSA) is 97.1 Å². The van der Waals surface area contributed by atoms with Gasteiger partial charge in [-0.25, -0.2) is 0 Å². The van der Waals surface area contributed by atoms with E-state index in [2.05, 4.69) is 20.8 Å². The maximum atomic E-state index is 12.7. The van der Waals surface area contributed by atoms with Crippen LogP contribution in [0.15, 0.2) is 57.9 Å². The molecule has 3 aromatic rings. The molecule has 0 radical (unpaired) electrons. The smallest absolute Gasteiger partial charge is 0.256 e. The van der Waals surface area contributed by atoms with Gasteiger partial charge in [-0.3, -0.25) is 9.59 Å². The lowest BCUT2D eigenvalue weighted by Crippen LogP contribution is -2.18. The van der Waals surface area contributed by atoms with E-state index in [1.807, 2.05) is 18.2 Å². The van der Waals surface area contributed by atoms with Crippen LogP contribution in [0.1, 0.15) is 32.4 Å². The van der Waals surface area contributed by atoms with E-state index in [0.29, 0.717) is 34.3 Å². The minimum absolute atomic E-state index is 0.175. The van der Waals surface area contributed by atoms with Crippen LogP contribution in [0.2, 0.25) is 0 Å². The molecule has 2 amide bonds. The third-order valence-corrected chi connectivity index (χ3v) is 4.74. The number of thioether (sulfide) groups is 1. The van der Waals surface area contributed by atoms with Gasteiger partial charge in [-0.2, -0.15) is 4.98 Å². The zero-order valence-electron chi connectivity index (χ0n) is 14.9. The Balaban J connectivity index is 1.70. The molecule has 2 aromatic carbocycles. The summed E-state index contributed by atoms with van der Waals surface area (Å²) in [5.41, 5.74) is 1.69. The number of aryl methyl sites for hydroxylation is 1. The van der Waals surface area contributed by atoms with Crippen LogP contribution in [0.4, 0.5) is 5.69 Å². The van der Waals surface area contributed by atoms with Gasteiger partial charge in [-0.15, -0.1) is 11.8 Å². The molecule has 138 valence electrons. The van der Waals surface area contributed by atoms with Crippen LogP contribution in [0, 0.1) is 6.92 Å². The van der Waals surface area contributed by atoms with E-state index >= 15 is 0 Å². The Morgan fingerprint density at radius 3 is 2.48 bits per heavy atom. The van der Waals surface area contributed by atoms with Crippen molar-refractivity contribution in [1.29, 1.82) is 0 Å². The molecule has 0 bridgehead atoms. The molecule has 0 fully saturated rings. The quantitative estimate of drug-likeness (QED) is 0.635. The molecule has 0 atom stereocenters. The van der Waals surface area contributed by atoms with Gasteiger partial charge in [-0.05, 0) is 43.3 Å². The molecule has 0 saturated carbocycles. The Morgan fingerprint density at radius 1 is 1.07 bits per heavy atom. The number of anilines is 1. The lowest BCUT2D eigenvalue weighted by Gasteiger charge is -2.10. The summed E-state index contributed by atoms with van der Waals surface area (Å²) in [6.07, 6.45) is 0. The predicted molar refractivity (Wildman–Crippen MR) is 103 cm³/mol. The maximum absolute atomic E-state index is 12.7. The van der Waals surface area contributed by atoms with Crippen molar-refractivity contribution in [2.75, 3.05) is 12.4 Å². The van der Waals surface area contributed by atoms with Crippen molar-refractivity contribution in [3.63, 3.8) is 0 Å². The van der Waals surface area contributed by atoms with Crippen LogP contribution >= 0.6 is 11.8 Å². The molecule has 0 aliphatic heterocycles. The Hall–Kier alpha value is -3.13. The lowest BCUT2D eigenvalue weighted by atomic mass is 10.1. The van der Waals surface area contributed by atoms with Crippen LogP contribution in [-0.4, -0.2) is 29.0 Å². The molecule has 0 aliphatic carbocycles. The Morgan fingerprint density at radius 2 is 1.81 bits per heavy atom. The normalized spacial score (nSPS) is 10.4. The van der Waals surface area contributed by atoms with Gasteiger partial charge >= 0.3 is 0 Å². The largest absolute Gasteiger partial charge is 0.355 e. The third kappa shape index (κ3) is 4.73. The van der Waals surface area contributed by atoms with Crippen LogP contribution in [0.25, 0.3) is 0 Å². The minimum atomic E-state index is -0.229. The molecule has 3 rings (SSSR count). The van der Waals surface area contributed by atoms with Gasteiger partial charge in [0.15, 0.2) is 5.82 Å². The summed E-state index contributed by atoms with van der Waals surface area (Å²) in [7, 11) is 1.57. The van der Waals surface area contributed by atoms with E-state index in [1.54, 1.807) is 44.3 Å². The second kappa shape index (κ2) is 8.50. The first kappa shape index (κ1) is 18.7. The Labute approximate surface area is 160 Å². The van der Waals surface area contributed by atoms with Gasteiger partial charge in [0.2, 0.25) is 5.89 Å². The number of rotatable bonds is 6. The van der Waals surface area contributed by atoms with Crippen molar-refractivity contribution in [2.24, 2.45) is 0 Å². The van der Waals surface area contributed by atoms with Crippen LogP contribution in [0.5, 0.6) is 0 Å². The van der Waals surface area contributed by atoms with Crippen molar-refractivity contribution in [3.05, 3.63) is 71.4 Å². The summed E-state index contributed by atoms with van der Waals surface area (Å²) in [4.78, 5) is 29.2. The number of hydrogen-bond donors (Lipinski definition) is 2. The summed E-state index contributed by atoms with van der Waals surface area (Å²) < 4.78 is 5.11. The number of amides is 2. The fourth-order valence-electron chi connectivity index (χ4n) is 2.37. The summed E-state index contributed by atoms with van der Waals surface area (Å²) in [5.74, 6) is 1.17. The molecular formula is C19H18N4O3S. The lowest BCUT2D eigenvalue weighted by molar-refractivity contribution is 0.0962. The fourth-order valence-corrected chi connectivity index (χ4v) is 3.25. The minimum Gasteiger partial charge on any atom is -0.355 e. The zero-order valence-corrected chi connectivity index (χ0v) is 15.7. The molecule has 0 spiro atoms. The molecule has 1 aromatic heterocycles. The van der Waals surface area contributed by atoms with Gasteiger partial charge in [0, 0.05) is 23.2 Å². The second-order valence-electron chi connectivity index (χ2n) is 5.63. The number of carbonyl (C=O) groups excluding carboxylic acids is 2. The third-order valence-electron chi connectivity index (χ3n) is 3.68. The highest BCUT2D eigenvalue weighted by Crippen LogP contribution is 2.26. The summed E-state index contributed by atoms with van der Waals surface area (Å²) in [5, 5.41) is 9.17. The molecule has 0 saturated heterocycles. The molecule has 27 heavy (non-hydrogen) atoms. The number of nitrogens with one attached hydrogen (secondary N) is 2. The average Bonchev–Trinajstić information content (AvgIpc) is 3.11. The Bertz CT molecular complexity index is 954. The number of nitrogens with zero attached hydrogens (tertiary/aromatic N) is 2. The summed E-state index contributed by atoms with van der Waals surface area (Å²) >= 11 is 1.45. The van der Waals surface area contributed by atoms with Gasteiger partial charge in [0.1, 0.15) is 0 Å². The van der Waals surface area contributed by atoms with Crippen molar-refractivity contribution in [2.45, 2.75) is 17.6 Å². The van der Waals surface area contributed by atoms with Gasteiger partial charge in [0.05, 0.1) is 11.3 Å². The molecule has 1 heterocycles. The van der Waals surface area contributed by atoms with E-state index in [0.717, 1.165) is 4.90 Å². The fraction of sp³-hybridized carbons (Fsp3) is 0.158. The molecule has 0 unspecified atom stereocenters. The van der Waals surface area contributed by atoms with Crippen molar-refractivity contribution < 1.29 is 14.1 Å². The first-order valence-corrected chi connectivity index (χ1v) is 9.20. The maximum Gasteiger partial charge on any atom is 0.256 e. The van der Waals surface area contributed by atoms with Crippen molar-refractivity contribution in [3.8, 4) is 0 Å². The van der Waals surface area contributed by atoms with Crippen LogP contribution in [-0.2, 0) is 5.75 Å². The Kier molecular flexibility index (Phi) is 5.87. The highest BCUT2D eigenvalue weighted by atomic mass is 32.2. The molecule has 0 aliphatic rings. The van der Waals surface area contributed by atoms with Crippen LogP contribution < -0.4 is 10.6 Å². The number of carbonyl (C=O) groups is 2. The number of aromatic nitrogens is 2.